The maximum Gasteiger partial charge on any atom is 0.255 e. The molecule has 0 fully saturated rings. The summed E-state index contributed by atoms with van der Waals surface area (Å²) < 4.78 is 18.9. The lowest BCUT2D eigenvalue weighted by atomic mass is 10.1. The molecule has 0 aliphatic rings. The predicted molar refractivity (Wildman–Crippen MR) is 81.5 cm³/mol. The Morgan fingerprint density at radius 2 is 2.18 bits per heavy atom. The largest absolute Gasteiger partial charge is 0.466 e. The zero-order chi connectivity index (χ0) is 16.3. The van der Waals surface area contributed by atoms with E-state index in [4.69, 9.17) is 16.0 Å². The number of carbonyl (C=O) groups excluding carboxylic acids is 1. The Labute approximate surface area is 132 Å². The molecule has 0 unspecified atom stereocenters. The fourth-order valence-electron chi connectivity index (χ4n) is 2.26. The number of benzene rings is 1. The minimum absolute atomic E-state index is 0.0550. The van der Waals surface area contributed by atoms with Gasteiger partial charge in [-0.05, 0) is 38.5 Å². The summed E-state index contributed by atoms with van der Waals surface area (Å²) in [5.41, 5.74) is 0.504. The summed E-state index contributed by atoms with van der Waals surface area (Å²) >= 11 is 5.82. The van der Waals surface area contributed by atoms with Gasteiger partial charge in [-0.1, -0.05) is 17.7 Å². The molecule has 22 heavy (non-hydrogen) atoms. The van der Waals surface area contributed by atoms with Crippen molar-refractivity contribution in [3.8, 4) is 0 Å². The zero-order valence-corrected chi connectivity index (χ0v) is 13.1. The van der Waals surface area contributed by atoms with Crippen molar-refractivity contribution in [3.05, 3.63) is 57.8 Å². The Balaban J connectivity index is 1.93. The van der Waals surface area contributed by atoms with Gasteiger partial charge < -0.3 is 14.8 Å². The van der Waals surface area contributed by atoms with Gasteiger partial charge in [-0.25, -0.2) is 4.39 Å². The lowest BCUT2D eigenvalue weighted by Gasteiger charge is -2.11. The number of aryl methyl sites for hydroxylation is 2. The van der Waals surface area contributed by atoms with Gasteiger partial charge >= 0.3 is 0 Å². The van der Waals surface area contributed by atoms with E-state index in [1.165, 1.54) is 18.2 Å². The minimum Gasteiger partial charge on any atom is -0.466 e. The van der Waals surface area contributed by atoms with Crippen molar-refractivity contribution >= 4 is 17.5 Å². The number of furan rings is 1. The molecule has 118 valence electrons. The van der Waals surface area contributed by atoms with E-state index in [1.807, 2.05) is 0 Å². The second kappa shape index (κ2) is 6.94. The zero-order valence-electron chi connectivity index (χ0n) is 12.3. The van der Waals surface area contributed by atoms with E-state index in [1.54, 1.807) is 19.9 Å². The molecule has 1 aromatic heterocycles. The van der Waals surface area contributed by atoms with Crippen LogP contribution < -0.4 is 5.32 Å². The van der Waals surface area contributed by atoms with Crippen molar-refractivity contribution in [2.45, 2.75) is 26.4 Å². The Morgan fingerprint density at radius 3 is 2.77 bits per heavy atom. The van der Waals surface area contributed by atoms with Crippen molar-refractivity contribution in [2.75, 3.05) is 6.54 Å². The monoisotopic (exact) mass is 325 g/mol. The van der Waals surface area contributed by atoms with Crippen LogP contribution >= 0.6 is 11.6 Å². The van der Waals surface area contributed by atoms with Gasteiger partial charge in [0.1, 0.15) is 17.3 Å². The van der Waals surface area contributed by atoms with Crippen LogP contribution in [0.4, 0.5) is 4.39 Å². The number of aliphatic hydroxyl groups is 1. The van der Waals surface area contributed by atoms with Gasteiger partial charge in [0.25, 0.3) is 5.91 Å². The number of halogens is 2. The third-order valence-electron chi connectivity index (χ3n) is 3.33. The molecule has 1 amide bonds. The van der Waals surface area contributed by atoms with Crippen LogP contribution in [0.2, 0.25) is 5.02 Å². The average molecular weight is 326 g/mol. The molecule has 1 heterocycles. The molecule has 1 aromatic carbocycles. The molecule has 0 spiro atoms. The summed E-state index contributed by atoms with van der Waals surface area (Å²) in [5, 5.41) is 12.7. The Kier molecular flexibility index (Phi) is 5.21. The van der Waals surface area contributed by atoms with Crippen LogP contribution in [0.3, 0.4) is 0 Å². The van der Waals surface area contributed by atoms with Gasteiger partial charge in [-0.3, -0.25) is 4.79 Å². The number of rotatable bonds is 5. The highest BCUT2D eigenvalue weighted by Crippen LogP contribution is 2.24. The Bertz CT molecular complexity index is 664. The highest BCUT2D eigenvalue weighted by Gasteiger charge is 2.17. The van der Waals surface area contributed by atoms with Crippen LogP contribution in [0.5, 0.6) is 0 Å². The fourth-order valence-corrected chi connectivity index (χ4v) is 2.51. The van der Waals surface area contributed by atoms with E-state index in [-0.39, 0.29) is 23.6 Å². The smallest absolute Gasteiger partial charge is 0.255 e. The van der Waals surface area contributed by atoms with Gasteiger partial charge in [-0.15, -0.1) is 0 Å². The maximum atomic E-state index is 13.6. The number of aliphatic hydroxyl groups excluding tert-OH is 1. The number of hydrogen-bond acceptors (Lipinski definition) is 3. The van der Waals surface area contributed by atoms with E-state index < -0.39 is 17.8 Å². The number of carbonyl (C=O) groups is 1. The topological polar surface area (TPSA) is 62.5 Å². The van der Waals surface area contributed by atoms with Crippen LogP contribution in [-0.2, 0) is 0 Å². The summed E-state index contributed by atoms with van der Waals surface area (Å²) in [6, 6.07) is 5.82. The SMILES string of the molecule is Cc1cc([C@@H](O)CCNC(=O)c2c(F)cccc2Cl)c(C)o1. The summed E-state index contributed by atoms with van der Waals surface area (Å²) in [4.78, 5) is 11.9. The van der Waals surface area contributed by atoms with Crippen LogP contribution in [-0.4, -0.2) is 17.6 Å². The van der Waals surface area contributed by atoms with Gasteiger partial charge in [-0.2, -0.15) is 0 Å². The average Bonchev–Trinajstić information content (AvgIpc) is 2.77. The lowest BCUT2D eigenvalue weighted by Crippen LogP contribution is -2.26. The molecular weight excluding hydrogens is 309 g/mol. The Morgan fingerprint density at radius 1 is 1.45 bits per heavy atom. The molecule has 0 aliphatic carbocycles. The summed E-state index contributed by atoms with van der Waals surface area (Å²) in [5.74, 6) is 0.0875. The molecule has 0 saturated heterocycles. The van der Waals surface area contributed by atoms with Crippen molar-refractivity contribution in [1.82, 2.24) is 5.32 Å². The van der Waals surface area contributed by atoms with Crippen LogP contribution in [0.15, 0.2) is 28.7 Å². The quantitative estimate of drug-likeness (QED) is 0.883. The third-order valence-corrected chi connectivity index (χ3v) is 3.65. The van der Waals surface area contributed by atoms with E-state index in [9.17, 15) is 14.3 Å². The molecular formula is C16H17ClFNO3. The minimum atomic E-state index is -0.756. The van der Waals surface area contributed by atoms with Crippen molar-refractivity contribution < 1.29 is 18.7 Å². The third kappa shape index (κ3) is 3.67. The molecule has 2 N–H and O–H groups in total. The standard InChI is InChI=1S/C16H17ClFNO3/c1-9-8-11(10(2)22-9)14(20)6-7-19-16(21)15-12(17)4-3-5-13(15)18/h3-5,8,14,20H,6-7H2,1-2H3,(H,19,21)/t14-/m0/s1. The summed E-state index contributed by atoms with van der Waals surface area (Å²) in [6.45, 7) is 3.75. The second-order valence-corrected chi connectivity index (χ2v) is 5.43. The molecule has 0 radical (unpaired) electrons. The van der Waals surface area contributed by atoms with E-state index in [0.29, 0.717) is 17.1 Å². The van der Waals surface area contributed by atoms with Crippen LogP contribution in [0.1, 0.15) is 40.0 Å². The maximum absolute atomic E-state index is 13.6. The van der Waals surface area contributed by atoms with Gasteiger partial charge in [0.2, 0.25) is 0 Å². The second-order valence-electron chi connectivity index (χ2n) is 5.03. The molecule has 2 aromatic rings. The van der Waals surface area contributed by atoms with Crippen molar-refractivity contribution in [1.29, 1.82) is 0 Å². The van der Waals surface area contributed by atoms with Crippen molar-refractivity contribution in [2.24, 2.45) is 0 Å². The molecule has 4 nitrogen and oxygen atoms in total. The van der Waals surface area contributed by atoms with Crippen molar-refractivity contribution in [3.63, 3.8) is 0 Å². The van der Waals surface area contributed by atoms with E-state index >= 15 is 0 Å². The molecule has 1 atom stereocenters. The van der Waals surface area contributed by atoms with Gasteiger partial charge in [0, 0.05) is 12.1 Å². The summed E-state index contributed by atoms with van der Waals surface area (Å²) in [6.07, 6.45) is -0.466. The van der Waals surface area contributed by atoms with Crippen LogP contribution in [0, 0.1) is 19.7 Å². The first kappa shape index (κ1) is 16.5. The first-order chi connectivity index (χ1) is 10.4. The fraction of sp³-hybridized carbons (Fsp3) is 0.312. The summed E-state index contributed by atoms with van der Waals surface area (Å²) in [7, 11) is 0. The molecule has 0 saturated carbocycles. The first-order valence-electron chi connectivity index (χ1n) is 6.87. The highest BCUT2D eigenvalue weighted by molar-refractivity contribution is 6.33. The molecule has 0 aliphatic heterocycles. The molecule has 2 rings (SSSR count). The van der Waals surface area contributed by atoms with E-state index in [2.05, 4.69) is 5.32 Å². The Hall–Kier alpha value is -1.85. The van der Waals surface area contributed by atoms with Gasteiger partial charge in [0.05, 0.1) is 16.7 Å². The number of nitrogens with one attached hydrogen (secondary N) is 1. The number of hydrogen-bond donors (Lipinski definition) is 2. The normalized spacial score (nSPS) is 12.2. The van der Waals surface area contributed by atoms with Crippen LogP contribution in [0.25, 0.3) is 0 Å². The predicted octanol–water partition coefficient (Wildman–Crippen LogP) is 3.54. The van der Waals surface area contributed by atoms with E-state index in [0.717, 1.165) is 0 Å². The highest BCUT2D eigenvalue weighted by atomic mass is 35.5. The first-order valence-corrected chi connectivity index (χ1v) is 7.25. The van der Waals surface area contributed by atoms with Gasteiger partial charge in [0.15, 0.2) is 0 Å². The molecule has 6 heteroatoms. The molecule has 0 bridgehead atoms. The lowest BCUT2D eigenvalue weighted by molar-refractivity contribution is 0.0938. The number of amides is 1.